The van der Waals surface area contributed by atoms with E-state index in [1.807, 2.05) is 6.07 Å². The lowest BCUT2D eigenvalue weighted by Crippen LogP contribution is -2.38. The van der Waals surface area contributed by atoms with Crippen LogP contribution in [0.5, 0.6) is 0 Å². The summed E-state index contributed by atoms with van der Waals surface area (Å²) < 4.78 is 13.9. The van der Waals surface area contributed by atoms with E-state index in [0.717, 1.165) is 16.0 Å². The summed E-state index contributed by atoms with van der Waals surface area (Å²) in [6.07, 6.45) is 2.40. The van der Waals surface area contributed by atoms with Crippen molar-refractivity contribution in [1.29, 1.82) is 0 Å². The summed E-state index contributed by atoms with van der Waals surface area (Å²) in [6, 6.07) is 5.41. The van der Waals surface area contributed by atoms with E-state index in [1.54, 1.807) is 7.05 Å². The molecule has 0 bridgehead atoms. The molecule has 1 aliphatic rings. The van der Waals surface area contributed by atoms with Crippen molar-refractivity contribution >= 4 is 21.9 Å². The van der Waals surface area contributed by atoms with Crippen LogP contribution in [0, 0.1) is 5.82 Å². The molecule has 0 aliphatic heterocycles. The average molecular weight is 300 g/mol. The Morgan fingerprint density at radius 1 is 1.47 bits per heavy atom. The largest absolute Gasteiger partial charge is 0.354 e. The summed E-state index contributed by atoms with van der Waals surface area (Å²) in [5.41, 5.74) is 0.885. The molecule has 92 valence electrons. The van der Waals surface area contributed by atoms with Crippen molar-refractivity contribution in [3.05, 3.63) is 34.1 Å². The van der Waals surface area contributed by atoms with Gasteiger partial charge in [-0.3, -0.25) is 4.99 Å². The highest BCUT2D eigenvalue weighted by atomic mass is 79.9. The highest BCUT2D eigenvalue weighted by molar-refractivity contribution is 9.10. The zero-order valence-corrected chi connectivity index (χ0v) is 11.2. The number of nitrogens with zero attached hydrogens (tertiary/aromatic N) is 1. The number of guanidine groups is 1. The molecule has 5 heteroatoms. The Morgan fingerprint density at radius 3 is 2.82 bits per heavy atom. The second-order valence-electron chi connectivity index (χ2n) is 4.12. The normalized spacial score (nSPS) is 15.8. The molecule has 1 aromatic rings. The fourth-order valence-corrected chi connectivity index (χ4v) is 2.03. The third-order valence-corrected chi connectivity index (χ3v) is 2.98. The van der Waals surface area contributed by atoms with Crippen LogP contribution in [0.2, 0.25) is 0 Å². The molecule has 2 rings (SSSR count). The van der Waals surface area contributed by atoms with Crippen LogP contribution in [0.1, 0.15) is 18.4 Å². The summed E-state index contributed by atoms with van der Waals surface area (Å²) in [6.45, 7) is 0.558. The molecule has 17 heavy (non-hydrogen) atoms. The maximum atomic E-state index is 13.2. The maximum absolute atomic E-state index is 13.2. The van der Waals surface area contributed by atoms with Crippen molar-refractivity contribution in [3.63, 3.8) is 0 Å². The van der Waals surface area contributed by atoms with Gasteiger partial charge >= 0.3 is 0 Å². The van der Waals surface area contributed by atoms with Gasteiger partial charge in [0.05, 0.1) is 0 Å². The number of rotatable bonds is 3. The molecule has 1 saturated carbocycles. The standard InChI is InChI=1S/C12H15BrFN3/c1-15-12(17-11-2-3-11)16-7-8-4-9(13)6-10(14)5-8/h4-6,11H,2-3,7H2,1H3,(H2,15,16,17). The Bertz CT molecular complexity index is 410. The van der Waals surface area contributed by atoms with Gasteiger partial charge in [-0.2, -0.15) is 0 Å². The van der Waals surface area contributed by atoms with Gasteiger partial charge in [0, 0.05) is 24.1 Å². The third-order valence-electron chi connectivity index (χ3n) is 2.52. The molecule has 0 heterocycles. The zero-order valence-electron chi connectivity index (χ0n) is 9.63. The number of hydrogen-bond donors (Lipinski definition) is 2. The molecule has 1 aliphatic carbocycles. The molecule has 2 N–H and O–H groups in total. The molecule has 0 spiro atoms. The Labute approximate surface area is 109 Å². The van der Waals surface area contributed by atoms with E-state index in [4.69, 9.17) is 0 Å². The van der Waals surface area contributed by atoms with Crippen LogP contribution in [0.15, 0.2) is 27.7 Å². The van der Waals surface area contributed by atoms with E-state index < -0.39 is 0 Å². The molecule has 1 aromatic carbocycles. The van der Waals surface area contributed by atoms with E-state index in [1.165, 1.54) is 25.0 Å². The lowest BCUT2D eigenvalue weighted by atomic mass is 10.2. The first-order valence-electron chi connectivity index (χ1n) is 5.59. The first-order valence-corrected chi connectivity index (χ1v) is 6.39. The average Bonchev–Trinajstić information content (AvgIpc) is 3.06. The lowest BCUT2D eigenvalue weighted by Gasteiger charge is -2.11. The van der Waals surface area contributed by atoms with Crippen molar-refractivity contribution in [1.82, 2.24) is 10.6 Å². The van der Waals surface area contributed by atoms with Crippen LogP contribution >= 0.6 is 15.9 Å². The van der Waals surface area contributed by atoms with Crippen LogP contribution in [0.3, 0.4) is 0 Å². The highest BCUT2D eigenvalue weighted by Crippen LogP contribution is 2.18. The monoisotopic (exact) mass is 299 g/mol. The van der Waals surface area contributed by atoms with Gasteiger partial charge in [-0.25, -0.2) is 4.39 Å². The van der Waals surface area contributed by atoms with Gasteiger partial charge in [0.15, 0.2) is 5.96 Å². The van der Waals surface area contributed by atoms with E-state index in [9.17, 15) is 4.39 Å². The van der Waals surface area contributed by atoms with Gasteiger partial charge in [0.1, 0.15) is 5.82 Å². The minimum atomic E-state index is -0.235. The smallest absolute Gasteiger partial charge is 0.191 e. The van der Waals surface area contributed by atoms with E-state index in [2.05, 4.69) is 31.6 Å². The van der Waals surface area contributed by atoms with E-state index in [0.29, 0.717) is 12.6 Å². The molecule has 3 nitrogen and oxygen atoms in total. The summed E-state index contributed by atoms with van der Waals surface area (Å²) in [5, 5.41) is 6.44. The van der Waals surface area contributed by atoms with Crippen molar-refractivity contribution in [2.75, 3.05) is 7.05 Å². The lowest BCUT2D eigenvalue weighted by molar-refractivity contribution is 0.623. The fourth-order valence-electron chi connectivity index (χ4n) is 1.51. The number of benzene rings is 1. The summed E-state index contributed by atoms with van der Waals surface area (Å²) >= 11 is 3.27. The van der Waals surface area contributed by atoms with Crippen LogP contribution in [-0.2, 0) is 6.54 Å². The highest BCUT2D eigenvalue weighted by Gasteiger charge is 2.21. The maximum Gasteiger partial charge on any atom is 0.191 e. The van der Waals surface area contributed by atoms with Crippen LogP contribution < -0.4 is 10.6 Å². The molecule has 1 fully saturated rings. The predicted molar refractivity (Wildman–Crippen MR) is 70.5 cm³/mol. The SMILES string of the molecule is CN=C(NCc1cc(F)cc(Br)c1)NC1CC1. The Balaban J connectivity index is 1.91. The van der Waals surface area contributed by atoms with Crippen LogP contribution in [0.4, 0.5) is 4.39 Å². The zero-order chi connectivity index (χ0) is 12.3. The molecule has 0 unspecified atom stereocenters. The first kappa shape index (κ1) is 12.4. The minimum absolute atomic E-state index is 0.235. The second kappa shape index (κ2) is 5.49. The van der Waals surface area contributed by atoms with Gasteiger partial charge in [0.2, 0.25) is 0 Å². The predicted octanol–water partition coefficient (Wildman–Crippen LogP) is 2.42. The summed E-state index contributed by atoms with van der Waals surface area (Å²) in [4.78, 5) is 4.12. The second-order valence-corrected chi connectivity index (χ2v) is 5.04. The van der Waals surface area contributed by atoms with E-state index >= 15 is 0 Å². The van der Waals surface area contributed by atoms with Crippen molar-refractivity contribution < 1.29 is 4.39 Å². The number of nitrogens with one attached hydrogen (secondary N) is 2. The Kier molecular flexibility index (Phi) is 3.99. The number of aliphatic imine (C=N–C) groups is 1. The molecule has 0 amide bonds. The fraction of sp³-hybridized carbons (Fsp3) is 0.417. The summed E-state index contributed by atoms with van der Waals surface area (Å²) in [7, 11) is 1.74. The Hall–Kier alpha value is -1.10. The summed E-state index contributed by atoms with van der Waals surface area (Å²) in [5.74, 6) is 0.536. The number of halogens is 2. The topological polar surface area (TPSA) is 36.4 Å². The number of hydrogen-bond acceptors (Lipinski definition) is 1. The molecule has 0 radical (unpaired) electrons. The van der Waals surface area contributed by atoms with Gasteiger partial charge in [-0.05, 0) is 36.6 Å². The third kappa shape index (κ3) is 4.00. The molecule has 0 aromatic heterocycles. The van der Waals surface area contributed by atoms with Crippen molar-refractivity contribution in [3.8, 4) is 0 Å². The first-order chi connectivity index (χ1) is 8.17. The van der Waals surface area contributed by atoms with Gasteiger partial charge in [-0.15, -0.1) is 0 Å². The van der Waals surface area contributed by atoms with Gasteiger partial charge < -0.3 is 10.6 Å². The van der Waals surface area contributed by atoms with Crippen LogP contribution in [-0.4, -0.2) is 19.0 Å². The molecular formula is C12H15BrFN3. The molecule has 0 atom stereocenters. The van der Waals surface area contributed by atoms with Crippen LogP contribution in [0.25, 0.3) is 0 Å². The Morgan fingerprint density at radius 2 is 2.24 bits per heavy atom. The minimum Gasteiger partial charge on any atom is -0.354 e. The quantitative estimate of drug-likeness (QED) is 0.664. The molecular weight excluding hydrogens is 285 g/mol. The van der Waals surface area contributed by atoms with E-state index in [-0.39, 0.29) is 5.82 Å². The van der Waals surface area contributed by atoms with Crippen molar-refractivity contribution in [2.24, 2.45) is 4.99 Å². The van der Waals surface area contributed by atoms with Gasteiger partial charge in [0.25, 0.3) is 0 Å². The molecule has 0 saturated heterocycles. The van der Waals surface area contributed by atoms with Crippen molar-refractivity contribution in [2.45, 2.75) is 25.4 Å². The van der Waals surface area contributed by atoms with Gasteiger partial charge in [-0.1, -0.05) is 15.9 Å².